The van der Waals surface area contributed by atoms with Gasteiger partial charge in [0.2, 0.25) is 35.4 Å². The van der Waals surface area contributed by atoms with Crippen LogP contribution in [0, 0.1) is 0 Å². The van der Waals surface area contributed by atoms with Crippen LogP contribution in [0.5, 0.6) is 0 Å². The number of hydrogen-bond donors (Lipinski definition) is 9. The van der Waals surface area contributed by atoms with E-state index in [1.54, 1.807) is 12.1 Å². The molecule has 0 saturated heterocycles. The number of carbonyl (C=O) groups is 7. The molecule has 25 heteroatoms. The molecular formula is C36H53N15O10. The summed E-state index contributed by atoms with van der Waals surface area (Å²) in [6, 6.07) is 4.48. The Morgan fingerprint density at radius 2 is 1.62 bits per heavy atom. The van der Waals surface area contributed by atoms with Gasteiger partial charge >= 0.3 is 5.97 Å². The highest BCUT2D eigenvalue weighted by Gasteiger charge is 2.32. The summed E-state index contributed by atoms with van der Waals surface area (Å²) in [6.07, 6.45) is 2.25. The highest BCUT2D eigenvalue weighted by atomic mass is 16.5. The van der Waals surface area contributed by atoms with Crippen molar-refractivity contribution in [2.75, 3.05) is 59.2 Å². The first kappa shape index (κ1) is 48.5. The van der Waals surface area contributed by atoms with Crippen molar-refractivity contribution in [3.05, 3.63) is 58.2 Å². The molecule has 0 radical (unpaired) electrons. The Kier molecular flexibility index (Phi) is 21.5. The molecule has 0 fully saturated rings. The number of carboxylic acids is 1. The number of azide groups is 1. The molecule has 11 N–H and O–H groups in total. The normalized spacial score (nSPS) is 18.3. The Bertz CT molecular complexity index is 1850. The van der Waals surface area contributed by atoms with E-state index in [1.165, 1.54) is 10.9 Å². The molecule has 0 saturated carbocycles. The number of ether oxygens (including phenoxy) is 2. The zero-order chi connectivity index (χ0) is 44.4. The van der Waals surface area contributed by atoms with Crippen LogP contribution in [0.1, 0.15) is 61.9 Å². The first-order valence-electron chi connectivity index (χ1n) is 19.5. The van der Waals surface area contributed by atoms with Gasteiger partial charge in [-0.25, -0.2) is 4.68 Å². The van der Waals surface area contributed by atoms with E-state index in [9.17, 15) is 38.7 Å². The molecule has 25 nitrogen and oxygen atoms in total. The van der Waals surface area contributed by atoms with E-state index in [1.807, 2.05) is 18.2 Å². The lowest BCUT2D eigenvalue weighted by atomic mass is 10.0. The van der Waals surface area contributed by atoms with Crippen LogP contribution in [0.2, 0.25) is 0 Å². The van der Waals surface area contributed by atoms with E-state index in [2.05, 4.69) is 57.2 Å². The van der Waals surface area contributed by atoms with Gasteiger partial charge < -0.3 is 57.9 Å². The number of nitrogens with one attached hydrogen (secondary N) is 6. The second kappa shape index (κ2) is 27.0. The summed E-state index contributed by atoms with van der Waals surface area (Å²) < 4.78 is 12.0. The molecule has 6 amide bonds. The average molecular weight is 856 g/mol. The monoisotopic (exact) mass is 855 g/mol. The molecule has 1 aromatic heterocycles. The lowest BCUT2D eigenvalue weighted by molar-refractivity contribution is -0.141. The molecule has 0 aliphatic carbocycles. The van der Waals surface area contributed by atoms with Crippen LogP contribution >= 0.6 is 0 Å². The van der Waals surface area contributed by atoms with Crippen molar-refractivity contribution in [2.24, 2.45) is 21.6 Å². The molecule has 4 atom stereocenters. The number of carbonyl (C=O) groups excluding carboxylic acids is 6. The van der Waals surface area contributed by atoms with Gasteiger partial charge in [-0.15, -0.1) is 5.10 Å². The molecule has 0 unspecified atom stereocenters. The molecule has 332 valence electrons. The van der Waals surface area contributed by atoms with Crippen LogP contribution in [0.15, 0.2) is 46.6 Å². The van der Waals surface area contributed by atoms with E-state index in [-0.39, 0.29) is 95.9 Å². The first-order valence-corrected chi connectivity index (χ1v) is 19.5. The fraction of sp³-hybridized carbons (Fsp3) is 0.556. The maximum absolute atomic E-state index is 14.0. The van der Waals surface area contributed by atoms with Gasteiger partial charge in [-0.05, 0) is 49.6 Å². The van der Waals surface area contributed by atoms with Gasteiger partial charge in [-0.1, -0.05) is 40.7 Å². The van der Waals surface area contributed by atoms with E-state index in [0.29, 0.717) is 12.8 Å². The number of aliphatic carboxylic acids is 1. The topological polar surface area (TPSA) is 374 Å². The maximum atomic E-state index is 14.0. The summed E-state index contributed by atoms with van der Waals surface area (Å²) in [5.74, 6) is -5.33. The van der Waals surface area contributed by atoms with Crippen LogP contribution in [0.25, 0.3) is 10.4 Å². The Morgan fingerprint density at radius 3 is 2.36 bits per heavy atom. The molecule has 1 aliphatic heterocycles. The summed E-state index contributed by atoms with van der Waals surface area (Å²) in [7, 11) is 0. The predicted molar refractivity (Wildman–Crippen MR) is 215 cm³/mol. The summed E-state index contributed by atoms with van der Waals surface area (Å²) >= 11 is 0. The number of carboxylic acid groups (broad SMARTS) is 1. The second-order valence-corrected chi connectivity index (χ2v) is 13.6. The van der Waals surface area contributed by atoms with Crippen molar-refractivity contribution in [3.8, 4) is 0 Å². The molecule has 2 heterocycles. The van der Waals surface area contributed by atoms with Gasteiger partial charge in [-0.3, -0.25) is 38.6 Å². The molecule has 1 aromatic carbocycles. The third-order valence-corrected chi connectivity index (χ3v) is 8.82. The number of amides is 6. The molecule has 2 bridgehead atoms. The molecule has 61 heavy (non-hydrogen) atoms. The average Bonchev–Trinajstić information content (AvgIpc) is 3.71. The number of aromatic nitrogens is 3. The highest BCUT2D eigenvalue weighted by Crippen LogP contribution is 2.21. The Labute approximate surface area is 350 Å². The van der Waals surface area contributed by atoms with E-state index >= 15 is 0 Å². The first-order chi connectivity index (χ1) is 29.4. The quantitative estimate of drug-likeness (QED) is 0.0141. The number of rotatable bonds is 23. The van der Waals surface area contributed by atoms with Gasteiger partial charge in [0.15, 0.2) is 5.96 Å². The molecular weight excluding hydrogens is 802 g/mol. The number of fused-ring (bicyclic) bond motifs is 2. The molecule has 3 rings (SSSR count). The molecule has 0 spiro atoms. The van der Waals surface area contributed by atoms with E-state index in [0.717, 1.165) is 5.56 Å². The third-order valence-electron chi connectivity index (χ3n) is 8.82. The van der Waals surface area contributed by atoms with Crippen molar-refractivity contribution in [2.45, 2.75) is 69.1 Å². The van der Waals surface area contributed by atoms with Gasteiger partial charge in [0.05, 0.1) is 45.0 Å². The minimum Gasteiger partial charge on any atom is -0.481 e. The third kappa shape index (κ3) is 19.2. The minimum absolute atomic E-state index is 0.0626. The van der Waals surface area contributed by atoms with Crippen LogP contribution in [0.4, 0.5) is 0 Å². The maximum Gasteiger partial charge on any atom is 0.305 e. The van der Waals surface area contributed by atoms with Crippen LogP contribution in [-0.4, -0.2) is 139 Å². The lowest BCUT2D eigenvalue weighted by Gasteiger charge is -2.24. The van der Waals surface area contributed by atoms with E-state index < -0.39 is 72.6 Å². The number of hydrogen-bond acceptors (Lipinski definition) is 13. The van der Waals surface area contributed by atoms with Crippen molar-refractivity contribution in [3.63, 3.8) is 0 Å². The summed E-state index contributed by atoms with van der Waals surface area (Å²) in [4.78, 5) is 95.8. The fourth-order valence-electron chi connectivity index (χ4n) is 5.84. The van der Waals surface area contributed by atoms with Crippen molar-refractivity contribution < 1.29 is 48.1 Å². The van der Waals surface area contributed by atoms with Gasteiger partial charge in [0.25, 0.3) is 0 Å². The van der Waals surface area contributed by atoms with Gasteiger partial charge in [0, 0.05) is 24.5 Å². The van der Waals surface area contributed by atoms with Crippen molar-refractivity contribution in [1.29, 1.82) is 0 Å². The predicted octanol–water partition coefficient (Wildman–Crippen LogP) is -2.41. The Hall–Kier alpha value is -6.85. The standard InChI is InChI=1S/C36H53N15O10/c37-36(38)42-12-6-9-24-33(57)43-19-30(53)45-26(18-32(55)56)34(58)47-25(17-23-7-2-1-3-8-23)27-21-51(50-48-27)28(35(59)46-24)10-4-5-11-40-31(54)22-61-16-15-60-14-13-41-29(52)20-44-49-39/h1-3,7-8,21,24-26,28H,4-6,9-20,22H2,(H,40,54)(H,41,52)(H,43,57)(H,45,53)(H,46,59)(H,47,58)(H,55,56)(H4,37,38,42)/t24-,25-,26-,28-/m0/s1. The summed E-state index contributed by atoms with van der Waals surface area (Å²) in [5.41, 5.74) is 20.1. The van der Waals surface area contributed by atoms with Crippen LogP contribution < -0.4 is 43.4 Å². The zero-order valence-electron chi connectivity index (χ0n) is 33.5. The number of unbranched alkanes of at least 4 members (excludes halogenated alkanes) is 1. The SMILES string of the molecule is [N-]=[N+]=NCC(=O)NCCOCCOCC(=O)NCCCC[C@H]1C(=O)N[C@@H](CCCN=C(N)N)C(=O)NCC(=O)N[C@@H](CC(=O)O)C(=O)N[C@@H](Cc2ccccc2)c2cn1nn2. The van der Waals surface area contributed by atoms with Crippen molar-refractivity contribution in [1.82, 2.24) is 46.9 Å². The number of guanidine groups is 1. The van der Waals surface area contributed by atoms with Crippen LogP contribution in [0.3, 0.4) is 0 Å². The Balaban J connectivity index is 1.72. The lowest BCUT2D eigenvalue weighted by Crippen LogP contribution is -2.53. The van der Waals surface area contributed by atoms with Gasteiger partial charge in [0.1, 0.15) is 37.0 Å². The summed E-state index contributed by atoms with van der Waals surface area (Å²) in [6.45, 7) is -0.0906. The number of benzene rings is 1. The second-order valence-electron chi connectivity index (χ2n) is 13.6. The van der Waals surface area contributed by atoms with E-state index in [4.69, 9.17) is 26.5 Å². The Morgan fingerprint density at radius 1 is 0.885 bits per heavy atom. The van der Waals surface area contributed by atoms with Gasteiger partial charge in [-0.2, -0.15) is 0 Å². The van der Waals surface area contributed by atoms with Crippen molar-refractivity contribution >= 4 is 47.4 Å². The fourth-order valence-corrected chi connectivity index (χ4v) is 5.84. The number of aliphatic imine (C=N–C) groups is 1. The van der Waals surface area contributed by atoms with Crippen LogP contribution in [-0.2, 0) is 49.5 Å². The minimum atomic E-state index is -1.51. The smallest absolute Gasteiger partial charge is 0.305 e. The largest absolute Gasteiger partial charge is 0.481 e. The number of nitrogens with two attached hydrogens (primary N) is 2. The highest BCUT2D eigenvalue weighted by molar-refractivity contribution is 5.94. The zero-order valence-corrected chi connectivity index (χ0v) is 33.5. The number of nitrogens with zero attached hydrogens (tertiary/aromatic N) is 7. The molecule has 1 aliphatic rings. The molecule has 2 aromatic rings. The summed E-state index contributed by atoms with van der Waals surface area (Å²) in [5, 5.41) is 36.8.